The van der Waals surface area contributed by atoms with Gasteiger partial charge in [-0.2, -0.15) is 0 Å². The maximum absolute atomic E-state index is 12.4. The van der Waals surface area contributed by atoms with Gasteiger partial charge in [0.2, 0.25) is 5.91 Å². The van der Waals surface area contributed by atoms with Gasteiger partial charge in [-0.3, -0.25) is 4.79 Å². The molecule has 26 heavy (non-hydrogen) atoms. The van der Waals surface area contributed by atoms with E-state index in [9.17, 15) is 4.79 Å². The van der Waals surface area contributed by atoms with Crippen LogP contribution >= 0.6 is 11.8 Å². The minimum absolute atomic E-state index is 0.0314. The molecule has 1 amide bonds. The van der Waals surface area contributed by atoms with Crippen LogP contribution in [0.5, 0.6) is 17.2 Å². The Balaban J connectivity index is 1.96. The molecule has 2 aromatic carbocycles. The Morgan fingerprint density at radius 2 is 1.81 bits per heavy atom. The number of carbonyl (C=O) groups excluding carboxylic acids is 1. The third-order valence-corrected chi connectivity index (χ3v) is 4.86. The third-order valence-electron chi connectivity index (χ3n) is 3.76. The summed E-state index contributed by atoms with van der Waals surface area (Å²) in [7, 11) is 3.19. The Morgan fingerprint density at radius 1 is 1.08 bits per heavy atom. The Bertz CT molecular complexity index is 736. The molecule has 5 nitrogen and oxygen atoms in total. The Morgan fingerprint density at radius 3 is 2.50 bits per heavy atom. The van der Waals surface area contributed by atoms with E-state index in [0.29, 0.717) is 24.7 Å². The van der Waals surface area contributed by atoms with Gasteiger partial charge >= 0.3 is 0 Å². The van der Waals surface area contributed by atoms with E-state index in [2.05, 4.69) is 5.32 Å². The normalized spacial score (nSPS) is 11.5. The zero-order chi connectivity index (χ0) is 18.9. The first kappa shape index (κ1) is 20.0. The number of methoxy groups -OCH3 is 2. The van der Waals surface area contributed by atoms with Crippen LogP contribution < -0.4 is 19.5 Å². The number of para-hydroxylation sites is 1. The van der Waals surface area contributed by atoms with Crippen LogP contribution in [0.2, 0.25) is 0 Å². The van der Waals surface area contributed by atoms with Gasteiger partial charge in [0.1, 0.15) is 5.75 Å². The molecule has 0 spiro atoms. The molecule has 2 rings (SSSR count). The third kappa shape index (κ3) is 5.33. The van der Waals surface area contributed by atoms with Crippen LogP contribution in [0, 0.1) is 0 Å². The number of carbonyl (C=O) groups is 1. The number of amides is 1. The van der Waals surface area contributed by atoms with Crippen molar-refractivity contribution in [3.63, 3.8) is 0 Å². The molecule has 0 heterocycles. The van der Waals surface area contributed by atoms with Gasteiger partial charge in [-0.25, -0.2) is 0 Å². The summed E-state index contributed by atoms with van der Waals surface area (Å²) in [6.07, 6.45) is 0. The number of hydrogen-bond acceptors (Lipinski definition) is 5. The van der Waals surface area contributed by atoms with E-state index < -0.39 is 0 Å². The molecule has 0 aliphatic rings. The van der Waals surface area contributed by atoms with Gasteiger partial charge in [-0.15, -0.1) is 11.8 Å². The molecule has 0 saturated carbocycles. The van der Waals surface area contributed by atoms with Crippen LogP contribution in [0.4, 0.5) is 0 Å². The average Bonchev–Trinajstić information content (AvgIpc) is 2.67. The van der Waals surface area contributed by atoms with Crippen molar-refractivity contribution in [3.8, 4) is 17.2 Å². The highest BCUT2D eigenvalue weighted by molar-refractivity contribution is 8.00. The first-order valence-electron chi connectivity index (χ1n) is 8.46. The fourth-order valence-electron chi connectivity index (χ4n) is 2.42. The van der Waals surface area contributed by atoms with E-state index in [1.807, 2.05) is 56.3 Å². The Labute approximate surface area is 159 Å². The minimum atomic E-state index is -0.243. The standard InChI is InChI=1S/C20H25NO4S/c1-5-25-17-9-7-6-8-15(17)13-21-20(22)14(2)26-16-10-11-18(23-3)19(12-16)24-4/h6-12,14H,5,13H2,1-4H3,(H,21,22)/t14-/m0/s1. The van der Waals surface area contributed by atoms with Crippen molar-refractivity contribution in [1.82, 2.24) is 5.32 Å². The lowest BCUT2D eigenvalue weighted by Gasteiger charge is -2.15. The van der Waals surface area contributed by atoms with E-state index >= 15 is 0 Å². The zero-order valence-electron chi connectivity index (χ0n) is 15.6. The zero-order valence-corrected chi connectivity index (χ0v) is 16.4. The number of ether oxygens (including phenoxy) is 3. The summed E-state index contributed by atoms with van der Waals surface area (Å²) < 4.78 is 16.1. The molecule has 0 aromatic heterocycles. The second kappa shape index (κ2) is 9.97. The fraction of sp³-hybridized carbons (Fsp3) is 0.350. The summed E-state index contributed by atoms with van der Waals surface area (Å²) in [5.74, 6) is 2.09. The van der Waals surface area contributed by atoms with Crippen LogP contribution in [-0.2, 0) is 11.3 Å². The van der Waals surface area contributed by atoms with Crippen molar-refractivity contribution in [2.24, 2.45) is 0 Å². The summed E-state index contributed by atoms with van der Waals surface area (Å²) in [6, 6.07) is 13.4. The van der Waals surface area contributed by atoms with Crippen molar-refractivity contribution in [1.29, 1.82) is 0 Å². The second-order valence-corrected chi connectivity index (χ2v) is 6.95. The monoisotopic (exact) mass is 375 g/mol. The minimum Gasteiger partial charge on any atom is -0.494 e. The van der Waals surface area contributed by atoms with E-state index in [-0.39, 0.29) is 11.2 Å². The first-order chi connectivity index (χ1) is 12.6. The van der Waals surface area contributed by atoms with Crippen molar-refractivity contribution >= 4 is 17.7 Å². The van der Waals surface area contributed by atoms with E-state index in [4.69, 9.17) is 14.2 Å². The van der Waals surface area contributed by atoms with Gasteiger partial charge in [-0.1, -0.05) is 18.2 Å². The molecule has 0 aliphatic heterocycles. The molecule has 6 heteroatoms. The lowest BCUT2D eigenvalue weighted by molar-refractivity contribution is -0.120. The fourth-order valence-corrected chi connectivity index (χ4v) is 3.34. The van der Waals surface area contributed by atoms with Crippen LogP contribution in [0.1, 0.15) is 19.4 Å². The smallest absolute Gasteiger partial charge is 0.233 e. The Kier molecular flexibility index (Phi) is 7.66. The average molecular weight is 375 g/mol. The van der Waals surface area contributed by atoms with Crippen molar-refractivity contribution < 1.29 is 19.0 Å². The lowest BCUT2D eigenvalue weighted by Crippen LogP contribution is -2.30. The van der Waals surface area contributed by atoms with Gasteiger partial charge in [0, 0.05) is 17.0 Å². The van der Waals surface area contributed by atoms with Crippen LogP contribution in [-0.4, -0.2) is 32.0 Å². The summed E-state index contributed by atoms with van der Waals surface area (Å²) in [5, 5.41) is 2.73. The summed E-state index contributed by atoms with van der Waals surface area (Å²) in [4.78, 5) is 13.4. The Hall–Kier alpha value is -2.34. The van der Waals surface area contributed by atoms with Crippen LogP contribution in [0.3, 0.4) is 0 Å². The van der Waals surface area contributed by atoms with E-state index in [1.54, 1.807) is 14.2 Å². The molecular formula is C20H25NO4S. The second-order valence-electron chi connectivity index (χ2n) is 5.54. The molecule has 0 fully saturated rings. The van der Waals surface area contributed by atoms with Crippen LogP contribution in [0.15, 0.2) is 47.4 Å². The maximum Gasteiger partial charge on any atom is 0.233 e. The van der Waals surface area contributed by atoms with Crippen molar-refractivity contribution in [2.75, 3.05) is 20.8 Å². The molecule has 0 unspecified atom stereocenters. The van der Waals surface area contributed by atoms with Gasteiger partial charge in [0.25, 0.3) is 0 Å². The van der Waals surface area contributed by atoms with Crippen LogP contribution in [0.25, 0.3) is 0 Å². The molecule has 0 radical (unpaired) electrons. The number of benzene rings is 2. The van der Waals surface area contributed by atoms with Gasteiger partial charge < -0.3 is 19.5 Å². The topological polar surface area (TPSA) is 56.8 Å². The highest BCUT2D eigenvalue weighted by Gasteiger charge is 2.16. The molecule has 1 N–H and O–H groups in total. The van der Waals surface area contributed by atoms with Crippen molar-refractivity contribution in [2.45, 2.75) is 30.5 Å². The molecule has 2 aromatic rings. The number of rotatable bonds is 9. The van der Waals surface area contributed by atoms with E-state index in [0.717, 1.165) is 16.2 Å². The maximum atomic E-state index is 12.4. The van der Waals surface area contributed by atoms with Gasteiger partial charge in [0.05, 0.1) is 26.1 Å². The molecule has 0 bridgehead atoms. The summed E-state index contributed by atoms with van der Waals surface area (Å²) >= 11 is 1.47. The molecule has 0 aliphatic carbocycles. The number of hydrogen-bond donors (Lipinski definition) is 1. The SMILES string of the molecule is CCOc1ccccc1CNC(=O)[C@H](C)Sc1ccc(OC)c(OC)c1. The molecule has 140 valence electrons. The summed E-state index contributed by atoms with van der Waals surface area (Å²) in [6.45, 7) is 4.85. The number of thioether (sulfide) groups is 1. The molecule has 0 saturated heterocycles. The lowest BCUT2D eigenvalue weighted by atomic mass is 10.2. The largest absolute Gasteiger partial charge is 0.494 e. The highest BCUT2D eigenvalue weighted by atomic mass is 32.2. The summed E-state index contributed by atoms with van der Waals surface area (Å²) in [5.41, 5.74) is 0.964. The molecule has 1 atom stereocenters. The van der Waals surface area contributed by atoms with Gasteiger partial charge in [0.15, 0.2) is 11.5 Å². The first-order valence-corrected chi connectivity index (χ1v) is 9.34. The predicted octanol–water partition coefficient (Wildman–Crippen LogP) is 3.90. The number of nitrogens with one attached hydrogen (secondary N) is 1. The highest BCUT2D eigenvalue weighted by Crippen LogP contribution is 2.33. The van der Waals surface area contributed by atoms with Crippen molar-refractivity contribution in [3.05, 3.63) is 48.0 Å². The van der Waals surface area contributed by atoms with Gasteiger partial charge in [-0.05, 0) is 38.1 Å². The quantitative estimate of drug-likeness (QED) is 0.674. The van der Waals surface area contributed by atoms with E-state index in [1.165, 1.54) is 11.8 Å². The predicted molar refractivity (Wildman–Crippen MR) is 104 cm³/mol. The molecular weight excluding hydrogens is 350 g/mol.